The number of carbonyl (C=O) groups is 3. The fraction of sp³-hybridized carbons (Fsp3) is 0.667. The predicted octanol–water partition coefficient (Wildman–Crippen LogP) is -2.14. The number of anilines is 1. The fourth-order valence-electron chi connectivity index (χ4n) is 4.61. The van der Waals surface area contributed by atoms with Gasteiger partial charge in [0.25, 0.3) is 0 Å². The van der Waals surface area contributed by atoms with Crippen LogP contribution in [0.1, 0.15) is 44.0 Å². The Morgan fingerprint density at radius 3 is 2.34 bits per heavy atom. The molecule has 1 aliphatic rings. The summed E-state index contributed by atoms with van der Waals surface area (Å²) < 4.78 is 62.1. The zero-order valence-corrected chi connectivity index (χ0v) is 31.8. The number of carbonyl (C=O) groups excluding carboxylic acids is 3. The Balaban J connectivity index is 1.72. The summed E-state index contributed by atoms with van der Waals surface area (Å²) >= 11 is 3.95. The number of nitrogens with two attached hydrogens (primary N) is 2. The van der Waals surface area contributed by atoms with E-state index in [1.165, 1.54) is 20.8 Å². The molecule has 0 aliphatic carbocycles. The molecule has 0 radical (unpaired) electrons. The largest absolute Gasteiger partial charge is 0.481 e. The van der Waals surface area contributed by atoms with Crippen molar-refractivity contribution in [1.82, 2.24) is 30.2 Å². The van der Waals surface area contributed by atoms with Crippen LogP contribution in [0, 0.1) is 5.41 Å². The predicted molar refractivity (Wildman–Crippen MR) is 181 cm³/mol. The van der Waals surface area contributed by atoms with Crippen LogP contribution in [-0.4, -0.2) is 129 Å². The van der Waals surface area contributed by atoms with Gasteiger partial charge in [-0.3, -0.25) is 32.5 Å². The number of amides is 2. The first kappa shape index (κ1) is 44.9. The Labute approximate surface area is 306 Å². The van der Waals surface area contributed by atoms with E-state index < -0.39 is 96.3 Å². The number of thiol groups is 1. The molecule has 3 heterocycles. The molecule has 12 N–H and O–H groups in total. The van der Waals surface area contributed by atoms with E-state index in [0.29, 0.717) is 12.3 Å². The molecule has 1 saturated heterocycles. The molecule has 2 aromatic rings. The molecule has 1 aliphatic heterocycles. The third-order valence-electron chi connectivity index (χ3n) is 7.24. The summed E-state index contributed by atoms with van der Waals surface area (Å²) in [6, 6.07) is -1.17. The molecule has 25 nitrogen and oxygen atoms in total. The molecule has 0 spiro atoms. The number of ketones is 1. The van der Waals surface area contributed by atoms with Gasteiger partial charge in [0.05, 0.1) is 19.3 Å². The van der Waals surface area contributed by atoms with E-state index in [-0.39, 0.29) is 35.9 Å². The van der Waals surface area contributed by atoms with Crippen LogP contribution in [-0.2, 0) is 45.9 Å². The number of fused-ring (bicyclic) bond motifs is 1. The summed E-state index contributed by atoms with van der Waals surface area (Å²) in [6.45, 7) is 1.80. The number of aliphatic hydroxyl groups is 2. The second-order valence-electron chi connectivity index (χ2n) is 12.1. The van der Waals surface area contributed by atoms with Gasteiger partial charge in [-0.1, -0.05) is 13.8 Å². The van der Waals surface area contributed by atoms with Crippen molar-refractivity contribution in [3.8, 4) is 0 Å². The number of aliphatic hydroxyl groups excluding tert-OH is 2. The highest BCUT2D eigenvalue weighted by atomic mass is 32.1. The lowest BCUT2D eigenvalue weighted by atomic mass is 9.87. The van der Waals surface area contributed by atoms with Gasteiger partial charge in [0.2, 0.25) is 17.6 Å². The van der Waals surface area contributed by atoms with Crippen molar-refractivity contribution in [1.29, 1.82) is 0 Å². The average Bonchev–Trinajstić information content (AvgIpc) is 3.57. The van der Waals surface area contributed by atoms with Gasteiger partial charge in [-0.15, -0.1) is 0 Å². The molecular formula is C24H41N8O17P3S. The zero-order chi connectivity index (χ0) is 40.1. The standard InChI is InChI=1S/C24H41N8O17P3S/c1-11(25)15(34)21-31-14-19(26)29-10-30-20(14)32(21)23-16(35)17(48-50(38,39)40)12(47-23)8-45-51(41,42)49-52(43,44)46-9-24(2,3)18(36)22(37)28-5-4-13(33)27-6-7-53/h10-12,16-18,23,35-36,53H,4-9,25H2,1-3H3,(H,27,33)(H,28,37)(H,41,42)(H,43,44)(H2,26,29,30)(H2,38,39,40)/t11-,12+,16+,17+,18-,23+/m0/s1. The first-order valence-corrected chi connectivity index (χ1v) is 20.4. The molecule has 0 bridgehead atoms. The van der Waals surface area contributed by atoms with E-state index >= 15 is 0 Å². The number of phosphoric ester groups is 3. The SMILES string of the molecule is C[C@H](N)C(=O)c1nc2c(N)ncnc2n1[C@@H]1O[C@H](COP(=O)(O)OP(=O)(O)OCC(C)(C)[C@@H](O)C(=O)NCCC(=O)NCCS)[C@@H](OP(=O)(O)O)[C@H]1O. The van der Waals surface area contributed by atoms with Crippen molar-refractivity contribution >= 4 is 70.7 Å². The van der Waals surface area contributed by atoms with Crippen molar-refractivity contribution in [2.45, 2.75) is 63.9 Å². The number of aromatic nitrogens is 4. The maximum Gasteiger partial charge on any atom is 0.481 e. The summed E-state index contributed by atoms with van der Waals surface area (Å²) in [6.07, 6.45) is -8.86. The van der Waals surface area contributed by atoms with E-state index in [2.05, 4.69) is 47.0 Å². The maximum absolute atomic E-state index is 13.0. The molecule has 53 heavy (non-hydrogen) atoms. The highest BCUT2D eigenvalue weighted by Gasteiger charge is 2.51. The van der Waals surface area contributed by atoms with Crippen LogP contribution in [0.2, 0.25) is 0 Å². The smallest absolute Gasteiger partial charge is 0.386 e. The van der Waals surface area contributed by atoms with Crippen molar-refractivity contribution in [3.63, 3.8) is 0 Å². The number of nitrogens with one attached hydrogen (secondary N) is 2. The highest BCUT2D eigenvalue weighted by Crippen LogP contribution is 2.61. The molecular weight excluding hydrogens is 797 g/mol. The molecule has 8 atom stereocenters. The van der Waals surface area contributed by atoms with E-state index in [1.54, 1.807) is 0 Å². The third-order valence-corrected chi connectivity index (χ3v) is 10.6. The Bertz CT molecular complexity index is 1790. The summed E-state index contributed by atoms with van der Waals surface area (Å²) in [7, 11) is -16.6. The van der Waals surface area contributed by atoms with Crippen LogP contribution in [0.25, 0.3) is 11.2 Å². The number of nitrogen functional groups attached to an aromatic ring is 1. The fourth-order valence-corrected chi connectivity index (χ4v) is 7.55. The van der Waals surface area contributed by atoms with Crippen LogP contribution >= 0.6 is 36.1 Å². The molecule has 1 fully saturated rings. The van der Waals surface area contributed by atoms with Gasteiger partial charge in [0.15, 0.2) is 29.0 Å². The van der Waals surface area contributed by atoms with Crippen LogP contribution in [0.15, 0.2) is 6.33 Å². The van der Waals surface area contributed by atoms with Crippen molar-refractivity contribution in [3.05, 3.63) is 12.2 Å². The Hall–Kier alpha value is -2.48. The first-order chi connectivity index (χ1) is 24.4. The molecule has 2 aromatic heterocycles. The molecule has 2 amide bonds. The minimum atomic E-state index is -5.65. The molecule has 300 valence electrons. The molecule has 0 aromatic carbocycles. The van der Waals surface area contributed by atoms with Crippen molar-refractivity contribution in [2.75, 3.05) is 37.8 Å². The van der Waals surface area contributed by atoms with Gasteiger partial charge >= 0.3 is 23.5 Å². The quantitative estimate of drug-likeness (QED) is 0.0385. The number of Topliss-reactive ketones (excluding diaryl/α,β-unsaturated/α-hetero) is 1. The molecule has 3 rings (SSSR count). The second-order valence-corrected chi connectivity index (χ2v) is 16.8. The number of hydrogen-bond donors (Lipinski definition) is 11. The van der Waals surface area contributed by atoms with E-state index in [9.17, 15) is 57.9 Å². The van der Waals surface area contributed by atoms with Gasteiger partial charge in [0.1, 0.15) is 30.7 Å². The van der Waals surface area contributed by atoms with E-state index in [1.807, 2.05) is 0 Å². The normalized spacial score (nSPS) is 22.8. The van der Waals surface area contributed by atoms with Gasteiger partial charge in [-0.2, -0.15) is 16.9 Å². The van der Waals surface area contributed by atoms with Crippen LogP contribution in [0.4, 0.5) is 5.82 Å². The van der Waals surface area contributed by atoms with Gasteiger partial charge in [-0.05, 0) is 6.92 Å². The van der Waals surface area contributed by atoms with Crippen LogP contribution < -0.4 is 22.1 Å². The van der Waals surface area contributed by atoms with Gasteiger partial charge < -0.3 is 56.6 Å². The van der Waals surface area contributed by atoms with Gasteiger partial charge in [0, 0.05) is 30.7 Å². The van der Waals surface area contributed by atoms with Crippen molar-refractivity contribution in [2.24, 2.45) is 11.1 Å². The Morgan fingerprint density at radius 2 is 1.74 bits per heavy atom. The lowest BCUT2D eigenvalue weighted by Crippen LogP contribution is -2.46. The Kier molecular flexibility index (Phi) is 15.2. The number of nitrogens with zero attached hydrogens (tertiary/aromatic N) is 4. The topological polar surface area (TPSA) is 390 Å². The highest BCUT2D eigenvalue weighted by molar-refractivity contribution is 7.80. The number of hydrogen-bond acceptors (Lipinski definition) is 19. The maximum atomic E-state index is 13.0. The van der Waals surface area contributed by atoms with Crippen LogP contribution in [0.5, 0.6) is 0 Å². The second kappa shape index (κ2) is 18.0. The zero-order valence-electron chi connectivity index (χ0n) is 28.2. The number of ether oxygens (including phenoxy) is 1. The van der Waals surface area contributed by atoms with E-state index in [0.717, 1.165) is 10.9 Å². The number of phosphoric acid groups is 3. The minimum Gasteiger partial charge on any atom is -0.386 e. The average molecular weight is 839 g/mol. The van der Waals surface area contributed by atoms with Crippen LogP contribution in [0.3, 0.4) is 0 Å². The summed E-state index contributed by atoms with van der Waals surface area (Å²) in [5.41, 5.74) is 9.62. The lowest BCUT2D eigenvalue weighted by Gasteiger charge is -2.30. The minimum absolute atomic E-state index is 0.120. The van der Waals surface area contributed by atoms with Gasteiger partial charge in [-0.25, -0.2) is 28.6 Å². The summed E-state index contributed by atoms with van der Waals surface area (Å²) in [4.78, 5) is 88.3. The first-order valence-electron chi connectivity index (χ1n) is 15.2. The summed E-state index contributed by atoms with van der Waals surface area (Å²) in [5.74, 6) is -2.47. The summed E-state index contributed by atoms with van der Waals surface area (Å²) in [5, 5.41) is 26.4. The number of rotatable bonds is 20. The Morgan fingerprint density at radius 1 is 1.09 bits per heavy atom. The molecule has 2 unspecified atom stereocenters. The molecule has 0 saturated carbocycles. The van der Waals surface area contributed by atoms with Crippen molar-refractivity contribution < 1.29 is 80.5 Å². The third kappa shape index (κ3) is 12.3. The number of imidazole rings is 1. The lowest BCUT2D eigenvalue weighted by molar-refractivity contribution is -0.137. The monoisotopic (exact) mass is 838 g/mol. The van der Waals surface area contributed by atoms with E-state index in [4.69, 9.17) is 25.3 Å². The molecule has 29 heteroatoms.